The molecule has 0 amide bonds. The molecule has 0 spiro atoms. The van der Waals surface area contributed by atoms with E-state index in [0.717, 1.165) is 115 Å². The molecule has 0 radical (unpaired) electrons. The Bertz CT molecular complexity index is 1260. The Balaban J connectivity index is 1.22. The van der Waals surface area contributed by atoms with Crippen molar-refractivity contribution in [3.8, 4) is 0 Å². The Kier molecular flexibility index (Phi) is 8.48. The molecule has 2 fully saturated rings. The Morgan fingerprint density at radius 1 is 0.825 bits per heavy atom. The van der Waals surface area contributed by atoms with Gasteiger partial charge in [-0.05, 0) is 56.2 Å². The van der Waals surface area contributed by atoms with Gasteiger partial charge in [-0.2, -0.15) is 0 Å². The highest BCUT2D eigenvalue weighted by molar-refractivity contribution is 5.99. The third-order valence-electron chi connectivity index (χ3n) is 9.23. The number of aromatic nitrogens is 1. The van der Waals surface area contributed by atoms with E-state index in [-0.39, 0.29) is 12.2 Å². The maximum absolute atomic E-state index is 9.96. The lowest BCUT2D eigenvalue weighted by Crippen LogP contribution is -2.40. The van der Waals surface area contributed by atoms with E-state index in [4.69, 9.17) is 5.73 Å². The molecule has 1 aromatic heterocycles. The Morgan fingerprint density at radius 3 is 2.23 bits per heavy atom. The number of aryl methyl sites for hydroxylation is 1. The molecule has 2 aromatic rings. The lowest BCUT2D eigenvalue weighted by atomic mass is 10.00. The smallest absolute Gasteiger partial charge is 0.0892 e. The monoisotopic (exact) mass is 546 g/mol. The molecule has 2 saturated heterocycles. The van der Waals surface area contributed by atoms with Gasteiger partial charge in [0.1, 0.15) is 0 Å². The topological polar surface area (TPSA) is 93.2 Å². The van der Waals surface area contributed by atoms with Crippen LogP contribution in [0.25, 0.3) is 16.6 Å². The first-order valence-corrected chi connectivity index (χ1v) is 15.3. The number of fused-ring (bicyclic) bond motifs is 3. The van der Waals surface area contributed by atoms with Crippen molar-refractivity contribution in [3.63, 3.8) is 0 Å². The van der Waals surface area contributed by atoms with Gasteiger partial charge in [0.2, 0.25) is 0 Å². The molecule has 6 rings (SSSR count). The summed E-state index contributed by atoms with van der Waals surface area (Å²) in [5.74, 6) is 0. The van der Waals surface area contributed by atoms with Crippen LogP contribution in [-0.2, 0) is 6.54 Å². The fourth-order valence-electron chi connectivity index (χ4n) is 6.84. The number of aliphatic hydroxyl groups is 2. The van der Waals surface area contributed by atoms with Gasteiger partial charge in [0.25, 0.3) is 0 Å². The minimum atomic E-state index is -0.141. The standard InChI is InChI=1S/C32H46N6O2/c33-30-28-4-1-2-5-29(28)38-16-3-15-37(23-22-36-19-12-27(40)13-20-36)31(32(30)38)24-6-8-25(9-7-24)34-14-21-35-17-10-26(39)11-18-35/h1-2,4-6,8-9,26-27,34,39-40H,3,7,10-23,33H2/b31-24+. The summed E-state index contributed by atoms with van der Waals surface area (Å²) in [5.41, 5.74) is 14.0. The maximum atomic E-state index is 9.96. The molecule has 5 N–H and O–H groups in total. The third-order valence-corrected chi connectivity index (χ3v) is 9.23. The zero-order valence-corrected chi connectivity index (χ0v) is 23.8. The van der Waals surface area contributed by atoms with E-state index in [2.05, 4.69) is 67.1 Å². The second kappa shape index (κ2) is 12.4. The van der Waals surface area contributed by atoms with Crippen LogP contribution < -0.4 is 11.1 Å². The van der Waals surface area contributed by atoms with E-state index in [9.17, 15) is 10.2 Å². The number of nitrogen functional groups attached to an aromatic ring is 1. The molecular formula is C32H46N6O2. The number of piperidine rings is 2. The van der Waals surface area contributed by atoms with Gasteiger partial charge >= 0.3 is 0 Å². The van der Waals surface area contributed by atoms with Crippen molar-refractivity contribution in [2.24, 2.45) is 0 Å². The predicted octanol–water partition coefficient (Wildman–Crippen LogP) is 2.99. The Labute approximate surface area is 238 Å². The minimum absolute atomic E-state index is 0.122. The van der Waals surface area contributed by atoms with Crippen LogP contribution in [0.2, 0.25) is 0 Å². The van der Waals surface area contributed by atoms with Crippen LogP contribution in [0.15, 0.2) is 53.8 Å². The summed E-state index contributed by atoms with van der Waals surface area (Å²) in [5, 5.41) is 24.5. The lowest BCUT2D eigenvalue weighted by molar-refractivity contribution is 0.0797. The molecule has 3 aliphatic heterocycles. The first kappa shape index (κ1) is 27.4. The van der Waals surface area contributed by atoms with Gasteiger partial charge in [0, 0.05) is 76.5 Å². The molecule has 1 aliphatic carbocycles. The molecule has 0 saturated carbocycles. The van der Waals surface area contributed by atoms with Crippen LogP contribution in [0.4, 0.5) is 5.69 Å². The molecule has 40 heavy (non-hydrogen) atoms. The van der Waals surface area contributed by atoms with Gasteiger partial charge < -0.3 is 40.5 Å². The van der Waals surface area contributed by atoms with Gasteiger partial charge in [0.05, 0.1) is 34.8 Å². The van der Waals surface area contributed by atoms with E-state index in [1.165, 1.54) is 28.2 Å². The van der Waals surface area contributed by atoms with E-state index in [1.807, 2.05) is 0 Å². The zero-order valence-electron chi connectivity index (χ0n) is 23.8. The van der Waals surface area contributed by atoms with Crippen LogP contribution in [0.3, 0.4) is 0 Å². The van der Waals surface area contributed by atoms with Crippen molar-refractivity contribution in [1.29, 1.82) is 0 Å². The first-order chi connectivity index (χ1) is 19.6. The van der Waals surface area contributed by atoms with Gasteiger partial charge in [0.15, 0.2) is 0 Å². The zero-order chi connectivity index (χ0) is 27.5. The summed E-state index contributed by atoms with van der Waals surface area (Å²) in [6, 6.07) is 8.55. The largest absolute Gasteiger partial charge is 0.396 e. The SMILES string of the molecule is Nc1c2n(c3ccccc13)CCCN(CCN1CCC(O)CC1)/C2=C1\C=CC(NCCN2CCC(O)CC2)=CC1. The van der Waals surface area contributed by atoms with Crippen molar-refractivity contribution in [2.75, 3.05) is 64.6 Å². The summed E-state index contributed by atoms with van der Waals surface area (Å²) >= 11 is 0. The molecule has 216 valence electrons. The molecule has 0 atom stereocenters. The van der Waals surface area contributed by atoms with Gasteiger partial charge in [-0.15, -0.1) is 0 Å². The normalized spacial score (nSPS) is 23.9. The molecular weight excluding hydrogens is 500 g/mol. The molecule has 0 unspecified atom stereocenters. The molecule has 4 heterocycles. The van der Waals surface area contributed by atoms with Crippen LogP contribution in [0, 0.1) is 0 Å². The summed E-state index contributed by atoms with van der Waals surface area (Å²) in [6.45, 7) is 9.77. The Hall–Kier alpha value is -2.78. The van der Waals surface area contributed by atoms with Crippen LogP contribution >= 0.6 is 0 Å². The van der Waals surface area contributed by atoms with Gasteiger partial charge in [-0.1, -0.05) is 30.4 Å². The maximum Gasteiger partial charge on any atom is 0.0892 e. The summed E-state index contributed by atoms with van der Waals surface area (Å²) < 4.78 is 2.45. The fraction of sp³-hybridized carbons (Fsp3) is 0.562. The number of benzene rings is 1. The average molecular weight is 547 g/mol. The fourth-order valence-corrected chi connectivity index (χ4v) is 6.84. The molecule has 8 nitrogen and oxygen atoms in total. The van der Waals surface area contributed by atoms with Crippen molar-refractivity contribution >= 4 is 22.3 Å². The van der Waals surface area contributed by atoms with Crippen molar-refractivity contribution in [2.45, 2.75) is 57.3 Å². The highest BCUT2D eigenvalue weighted by atomic mass is 16.3. The van der Waals surface area contributed by atoms with E-state index < -0.39 is 0 Å². The van der Waals surface area contributed by atoms with Crippen molar-refractivity contribution in [1.82, 2.24) is 24.6 Å². The third kappa shape index (κ3) is 5.96. The molecule has 0 bridgehead atoms. The second-order valence-corrected chi connectivity index (χ2v) is 11.9. The van der Waals surface area contributed by atoms with E-state index in [0.29, 0.717) is 0 Å². The van der Waals surface area contributed by atoms with Crippen LogP contribution in [-0.4, -0.2) is 101 Å². The number of aliphatic hydroxyl groups excluding tert-OH is 2. The van der Waals surface area contributed by atoms with Gasteiger partial charge in [-0.25, -0.2) is 0 Å². The number of anilines is 1. The minimum Gasteiger partial charge on any atom is -0.396 e. The van der Waals surface area contributed by atoms with E-state index >= 15 is 0 Å². The number of nitrogens with one attached hydrogen (secondary N) is 1. The van der Waals surface area contributed by atoms with E-state index in [1.54, 1.807) is 0 Å². The lowest BCUT2D eigenvalue weighted by Gasteiger charge is -2.34. The van der Waals surface area contributed by atoms with Gasteiger partial charge in [-0.3, -0.25) is 0 Å². The number of rotatable bonds is 7. The predicted molar refractivity (Wildman–Crippen MR) is 163 cm³/mol. The number of hydrogen-bond donors (Lipinski definition) is 4. The molecule has 4 aliphatic rings. The number of allylic oxidation sites excluding steroid dienone is 4. The summed E-state index contributed by atoms with van der Waals surface area (Å²) in [6.07, 6.45) is 12.1. The summed E-state index contributed by atoms with van der Waals surface area (Å²) in [4.78, 5) is 7.52. The van der Waals surface area contributed by atoms with Crippen molar-refractivity contribution in [3.05, 3.63) is 59.5 Å². The Morgan fingerprint density at radius 2 is 1.52 bits per heavy atom. The average Bonchev–Trinajstić information content (AvgIpc) is 3.12. The molecule has 8 heteroatoms. The number of likely N-dealkylation sites (tertiary alicyclic amines) is 2. The van der Waals surface area contributed by atoms with Crippen LogP contribution in [0.1, 0.15) is 44.2 Å². The highest BCUT2D eigenvalue weighted by Gasteiger charge is 2.28. The van der Waals surface area contributed by atoms with Crippen LogP contribution in [0.5, 0.6) is 0 Å². The number of para-hydroxylation sites is 1. The molecule has 1 aromatic carbocycles. The quantitative estimate of drug-likeness (QED) is 0.424. The highest BCUT2D eigenvalue weighted by Crippen LogP contribution is 2.39. The number of hydrogen-bond acceptors (Lipinski definition) is 7. The first-order valence-electron chi connectivity index (χ1n) is 15.3. The summed E-state index contributed by atoms with van der Waals surface area (Å²) in [7, 11) is 0. The van der Waals surface area contributed by atoms with Crippen molar-refractivity contribution < 1.29 is 10.2 Å². The second-order valence-electron chi connectivity index (χ2n) is 11.9. The number of nitrogens with zero attached hydrogens (tertiary/aromatic N) is 4. The number of nitrogens with two attached hydrogens (primary N) is 1.